The molecule has 8 heteroatoms. The number of hydrogen-bond acceptors (Lipinski definition) is 6. The number of benzene rings is 2. The molecule has 0 saturated carbocycles. The second-order valence-corrected chi connectivity index (χ2v) is 7.06. The molecular weight excluding hydrogens is 388 g/mol. The predicted octanol–water partition coefficient (Wildman–Crippen LogP) is 4.60. The summed E-state index contributed by atoms with van der Waals surface area (Å²) in [6.45, 7) is 0. The zero-order valence-electron chi connectivity index (χ0n) is 15.6. The molecule has 7 nitrogen and oxygen atoms in total. The molecule has 0 saturated heterocycles. The van der Waals surface area contributed by atoms with Gasteiger partial charge in [0.2, 0.25) is 5.91 Å². The zero-order valence-corrected chi connectivity index (χ0v) is 16.4. The first-order valence-corrected chi connectivity index (χ1v) is 9.86. The van der Waals surface area contributed by atoms with E-state index in [4.69, 9.17) is 9.15 Å². The van der Waals surface area contributed by atoms with E-state index in [9.17, 15) is 4.79 Å². The van der Waals surface area contributed by atoms with Gasteiger partial charge in [0.15, 0.2) is 16.7 Å². The van der Waals surface area contributed by atoms with Gasteiger partial charge >= 0.3 is 0 Å². The largest absolute Gasteiger partial charge is 0.461 e. The highest BCUT2D eigenvalue weighted by atomic mass is 32.2. The fourth-order valence-corrected chi connectivity index (χ4v) is 3.33. The van der Waals surface area contributed by atoms with Crippen molar-refractivity contribution >= 4 is 23.4 Å². The summed E-state index contributed by atoms with van der Waals surface area (Å²) in [7, 11) is 1.84. The summed E-state index contributed by atoms with van der Waals surface area (Å²) in [5, 5.41) is 11.7. The number of anilines is 1. The van der Waals surface area contributed by atoms with E-state index in [2.05, 4.69) is 15.5 Å². The van der Waals surface area contributed by atoms with Gasteiger partial charge in [0, 0.05) is 12.7 Å². The number of rotatable bonds is 7. The van der Waals surface area contributed by atoms with Crippen molar-refractivity contribution in [3.05, 3.63) is 73.0 Å². The summed E-state index contributed by atoms with van der Waals surface area (Å²) in [5.41, 5.74) is 0.699. The lowest BCUT2D eigenvalue weighted by molar-refractivity contribution is -0.113. The minimum absolute atomic E-state index is 0.130. The first kappa shape index (κ1) is 18.8. The average Bonchev–Trinajstić information content (AvgIpc) is 3.38. The standard InChI is InChI=1S/C21H18N4O3S/c1-25-20(18-8-5-13-27-18)23-24-21(25)29-14-19(26)22-15-9-11-17(12-10-15)28-16-6-3-2-4-7-16/h2-13H,14H2,1H3,(H,22,26). The normalized spacial score (nSPS) is 10.7. The number of carbonyl (C=O) groups is 1. The van der Waals surface area contributed by atoms with Crippen LogP contribution in [0, 0.1) is 0 Å². The lowest BCUT2D eigenvalue weighted by atomic mass is 10.3. The van der Waals surface area contributed by atoms with Crippen LogP contribution < -0.4 is 10.1 Å². The van der Waals surface area contributed by atoms with Crippen molar-refractivity contribution in [2.45, 2.75) is 5.16 Å². The average molecular weight is 406 g/mol. The zero-order chi connectivity index (χ0) is 20.1. The monoisotopic (exact) mass is 406 g/mol. The highest BCUT2D eigenvalue weighted by Gasteiger charge is 2.14. The van der Waals surface area contributed by atoms with Crippen molar-refractivity contribution in [1.82, 2.24) is 14.8 Å². The molecule has 2 aromatic heterocycles. The number of ether oxygens (including phenoxy) is 1. The van der Waals surface area contributed by atoms with Gasteiger partial charge < -0.3 is 19.0 Å². The van der Waals surface area contributed by atoms with Gasteiger partial charge in [-0.15, -0.1) is 10.2 Å². The van der Waals surface area contributed by atoms with Gasteiger partial charge in [-0.3, -0.25) is 4.79 Å². The summed E-state index contributed by atoms with van der Waals surface area (Å²) >= 11 is 1.31. The fourth-order valence-electron chi connectivity index (χ4n) is 2.62. The number of aromatic nitrogens is 3. The molecule has 0 bridgehead atoms. The van der Waals surface area contributed by atoms with Crippen LogP contribution in [0.4, 0.5) is 5.69 Å². The number of hydrogen-bond donors (Lipinski definition) is 1. The van der Waals surface area contributed by atoms with Crippen LogP contribution in [0.25, 0.3) is 11.6 Å². The maximum Gasteiger partial charge on any atom is 0.234 e. The van der Waals surface area contributed by atoms with Crippen LogP contribution in [0.5, 0.6) is 11.5 Å². The SMILES string of the molecule is Cn1c(SCC(=O)Nc2ccc(Oc3ccccc3)cc2)nnc1-c1ccco1. The number of amides is 1. The van der Waals surface area contributed by atoms with Crippen LogP contribution in [-0.2, 0) is 11.8 Å². The van der Waals surface area contributed by atoms with E-state index in [1.165, 1.54) is 11.8 Å². The Morgan fingerprint density at radius 3 is 2.52 bits per heavy atom. The quantitative estimate of drug-likeness (QED) is 0.452. The first-order valence-electron chi connectivity index (χ1n) is 8.88. The molecule has 4 aromatic rings. The number of para-hydroxylation sites is 1. The fraction of sp³-hybridized carbons (Fsp3) is 0.0952. The summed E-state index contributed by atoms with van der Waals surface area (Å²) in [6.07, 6.45) is 1.58. The number of furan rings is 1. The van der Waals surface area contributed by atoms with Crippen LogP contribution in [0.2, 0.25) is 0 Å². The Balaban J connectivity index is 1.31. The number of nitrogens with zero attached hydrogens (tertiary/aromatic N) is 3. The molecule has 0 unspecified atom stereocenters. The molecule has 29 heavy (non-hydrogen) atoms. The lowest BCUT2D eigenvalue weighted by Gasteiger charge is -2.08. The third-order valence-electron chi connectivity index (χ3n) is 4.03. The number of thioether (sulfide) groups is 1. The topological polar surface area (TPSA) is 82.2 Å². The van der Waals surface area contributed by atoms with Crippen molar-refractivity contribution in [2.75, 3.05) is 11.1 Å². The van der Waals surface area contributed by atoms with E-state index >= 15 is 0 Å². The second kappa shape index (κ2) is 8.66. The smallest absolute Gasteiger partial charge is 0.234 e. The minimum atomic E-state index is -0.130. The highest BCUT2D eigenvalue weighted by molar-refractivity contribution is 7.99. The molecule has 146 valence electrons. The molecule has 0 spiro atoms. The van der Waals surface area contributed by atoms with Crippen LogP contribution in [0.1, 0.15) is 0 Å². The third-order valence-corrected chi connectivity index (χ3v) is 5.05. The van der Waals surface area contributed by atoms with E-state index < -0.39 is 0 Å². The molecule has 0 aliphatic heterocycles. The lowest BCUT2D eigenvalue weighted by Crippen LogP contribution is -2.14. The van der Waals surface area contributed by atoms with E-state index in [1.54, 1.807) is 29.0 Å². The minimum Gasteiger partial charge on any atom is -0.461 e. The van der Waals surface area contributed by atoms with Crippen molar-refractivity contribution < 1.29 is 13.9 Å². The Morgan fingerprint density at radius 2 is 1.79 bits per heavy atom. The van der Waals surface area contributed by atoms with Gasteiger partial charge in [-0.25, -0.2) is 0 Å². The maximum atomic E-state index is 12.3. The molecule has 4 rings (SSSR count). The van der Waals surface area contributed by atoms with Crippen LogP contribution >= 0.6 is 11.8 Å². The Hall–Kier alpha value is -3.52. The Kier molecular flexibility index (Phi) is 5.62. The molecular formula is C21H18N4O3S. The summed E-state index contributed by atoms with van der Waals surface area (Å²) in [6, 6.07) is 20.4. The summed E-state index contributed by atoms with van der Waals surface area (Å²) in [4.78, 5) is 12.3. The molecule has 0 radical (unpaired) electrons. The second-order valence-electron chi connectivity index (χ2n) is 6.12. The van der Waals surface area contributed by atoms with Gasteiger partial charge in [0.05, 0.1) is 12.0 Å². The molecule has 1 N–H and O–H groups in total. The molecule has 0 fully saturated rings. The Bertz CT molecular complexity index is 1080. The molecule has 2 aromatic carbocycles. The van der Waals surface area contributed by atoms with Crippen LogP contribution in [0.15, 0.2) is 82.6 Å². The van der Waals surface area contributed by atoms with Crippen molar-refractivity contribution in [3.63, 3.8) is 0 Å². The maximum absolute atomic E-state index is 12.3. The van der Waals surface area contributed by atoms with Gasteiger partial charge in [0.1, 0.15) is 11.5 Å². The number of nitrogens with one attached hydrogen (secondary N) is 1. The van der Waals surface area contributed by atoms with Crippen molar-refractivity contribution in [3.8, 4) is 23.1 Å². The summed E-state index contributed by atoms with van der Waals surface area (Å²) < 4.78 is 12.9. The first-order chi connectivity index (χ1) is 14.2. The van der Waals surface area contributed by atoms with Crippen molar-refractivity contribution in [2.24, 2.45) is 7.05 Å². The van der Waals surface area contributed by atoms with E-state index in [0.29, 0.717) is 28.2 Å². The van der Waals surface area contributed by atoms with Gasteiger partial charge in [0.25, 0.3) is 0 Å². The van der Waals surface area contributed by atoms with Crippen LogP contribution in [0.3, 0.4) is 0 Å². The molecule has 0 atom stereocenters. The highest BCUT2D eigenvalue weighted by Crippen LogP contribution is 2.24. The van der Waals surface area contributed by atoms with Crippen LogP contribution in [-0.4, -0.2) is 26.4 Å². The third kappa shape index (κ3) is 4.67. The van der Waals surface area contributed by atoms with Gasteiger partial charge in [-0.1, -0.05) is 30.0 Å². The van der Waals surface area contributed by atoms with Gasteiger partial charge in [-0.2, -0.15) is 0 Å². The molecule has 0 aliphatic rings. The Labute approximate surface area is 171 Å². The van der Waals surface area contributed by atoms with Gasteiger partial charge in [-0.05, 0) is 48.5 Å². The predicted molar refractivity (Wildman–Crippen MR) is 111 cm³/mol. The van der Waals surface area contributed by atoms with Crippen molar-refractivity contribution in [1.29, 1.82) is 0 Å². The van der Waals surface area contributed by atoms with E-state index in [1.807, 2.05) is 55.6 Å². The molecule has 1 amide bonds. The molecule has 2 heterocycles. The van der Waals surface area contributed by atoms with E-state index in [-0.39, 0.29) is 11.7 Å². The molecule has 0 aliphatic carbocycles. The number of carbonyl (C=O) groups excluding carboxylic acids is 1. The summed E-state index contributed by atoms with van der Waals surface area (Å²) in [5.74, 6) is 2.80. The van der Waals surface area contributed by atoms with E-state index in [0.717, 1.165) is 5.75 Å². The Morgan fingerprint density at radius 1 is 1.03 bits per heavy atom.